The van der Waals surface area contributed by atoms with Gasteiger partial charge in [-0.3, -0.25) is 0 Å². The van der Waals surface area contributed by atoms with Crippen molar-refractivity contribution in [2.45, 2.75) is 65.0 Å². The van der Waals surface area contributed by atoms with E-state index in [1.54, 1.807) is 0 Å². The van der Waals surface area contributed by atoms with Gasteiger partial charge in [0.1, 0.15) is 5.54 Å². The third-order valence-corrected chi connectivity index (χ3v) is 4.57. The summed E-state index contributed by atoms with van der Waals surface area (Å²) in [4.78, 5) is 25.3. The molecular weight excluding hydrogens is 244 g/mol. The highest BCUT2D eigenvalue weighted by Crippen LogP contribution is 2.32. The molecule has 3 unspecified atom stereocenters. The molecule has 0 aliphatic carbocycles. The molecule has 1 saturated heterocycles. The fourth-order valence-corrected chi connectivity index (χ4v) is 2.68. The van der Waals surface area contributed by atoms with Crippen LogP contribution in [0, 0.1) is 5.92 Å². The van der Waals surface area contributed by atoms with E-state index < -0.39 is 11.5 Å². The van der Waals surface area contributed by atoms with Crippen molar-refractivity contribution in [3.8, 4) is 0 Å². The van der Waals surface area contributed by atoms with Crippen LogP contribution in [0.5, 0.6) is 0 Å². The summed E-state index contributed by atoms with van der Waals surface area (Å²) in [7, 11) is 0. The normalized spacial score (nSPS) is 26.0. The van der Waals surface area contributed by atoms with Crippen LogP contribution in [-0.2, 0) is 4.79 Å². The second-order valence-electron chi connectivity index (χ2n) is 5.57. The van der Waals surface area contributed by atoms with Gasteiger partial charge in [-0.05, 0) is 32.1 Å². The van der Waals surface area contributed by atoms with Gasteiger partial charge in [0.15, 0.2) is 0 Å². The molecule has 2 amide bonds. The van der Waals surface area contributed by atoms with Crippen molar-refractivity contribution >= 4 is 12.0 Å². The lowest BCUT2D eigenvalue weighted by atomic mass is 9.93. The standard InChI is InChI=1S/C14H26N2O3/c1-5-10(3)11(4)15-13(19)16-9-7-8-14(16,6-2)12(17)18/h10-11H,5-9H2,1-4H3,(H,15,19)(H,17,18). The Kier molecular flexibility index (Phi) is 5.20. The minimum atomic E-state index is -1.01. The minimum absolute atomic E-state index is 0.0569. The van der Waals surface area contributed by atoms with E-state index in [0.29, 0.717) is 25.3 Å². The van der Waals surface area contributed by atoms with Gasteiger partial charge in [0.2, 0.25) is 0 Å². The maximum absolute atomic E-state index is 12.3. The molecule has 0 saturated carbocycles. The number of hydrogen-bond donors (Lipinski definition) is 2. The van der Waals surface area contributed by atoms with E-state index in [9.17, 15) is 14.7 Å². The first-order valence-electron chi connectivity index (χ1n) is 7.20. The number of amides is 2. The molecule has 0 radical (unpaired) electrons. The van der Waals surface area contributed by atoms with E-state index in [0.717, 1.165) is 12.8 Å². The Morgan fingerprint density at radius 2 is 2.00 bits per heavy atom. The molecule has 1 rings (SSSR count). The Hall–Kier alpha value is -1.26. The zero-order chi connectivity index (χ0) is 14.6. The van der Waals surface area contributed by atoms with Crippen LogP contribution in [-0.4, -0.2) is 40.1 Å². The van der Waals surface area contributed by atoms with Gasteiger partial charge in [-0.1, -0.05) is 27.2 Å². The summed E-state index contributed by atoms with van der Waals surface area (Å²) in [6.45, 7) is 8.49. The van der Waals surface area contributed by atoms with Gasteiger partial charge < -0.3 is 15.3 Å². The third kappa shape index (κ3) is 3.01. The first kappa shape index (κ1) is 15.8. The molecule has 1 heterocycles. The van der Waals surface area contributed by atoms with Crippen LogP contribution in [0.3, 0.4) is 0 Å². The smallest absolute Gasteiger partial charge is 0.329 e. The van der Waals surface area contributed by atoms with Crippen molar-refractivity contribution in [2.75, 3.05) is 6.54 Å². The van der Waals surface area contributed by atoms with Crippen LogP contribution in [0.2, 0.25) is 0 Å². The second-order valence-corrected chi connectivity index (χ2v) is 5.57. The van der Waals surface area contributed by atoms with E-state index in [-0.39, 0.29) is 12.1 Å². The molecule has 0 aromatic heterocycles. The molecule has 2 N–H and O–H groups in total. The molecular formula is C14H26N2O3. The van der Waals surface area contributed by atoms with Crippen LogP contribution in [0.15, 0.2) is 0 Å². The van der Waals surface area contributed by atoms with Crippen molar-refractivity contribution in [3.63, 3.8) is 0 Å². The molecule has 0 aromatic rings. The van der Waals surface area contributed by atoms with Crippen molar-refractivity contribution in [2.24, 2.45) is 5.92 Å². The van der Waals surface area contributed by atoms with Crippen molar-refractivity contribution in [3.05, 3.63) is 0 Å². The molecule has 1 aliphatic heterocycles. The summed E-state index contributed by atoms with van der Waals surface area (Å²) in [5.74, 6) is -0.508. The SMILES string of the molecule is CCC(C)C(C)NC(=O)N1CCCC1(CC)C(=O)O. The van der Waals surface area contributed by atoms with Gasteiger partial charge in [0.05, 0.1) is 0 Å². The maximum Gasteiger partial charge on any atom is 0.329 e. The van der Waals surface area contributed by atoms with Gasteiger partial charge in [0.25, 0.3) is 0 Å². The summed E-state index contributed by atoms with van der Waals surface area (Å²) < 4.78 is 0. The lowest BCUT2D eigenvalue weighted by Gasteiger charge is -2.35. The van der Waals surface area contributed by atoms with Crippen molar-refractivity contribution < 1.29 is 14.7 Å². The Balaban J connectivity index is 2.78. The van der Waals surface area contributed by atoms with E-state index in [1.165, 1.54) is 4.90 Å². The Bertz CT molecular complexity index is 346. The number of carbonyl (C=O) groups excluding carboxylic acids is 1. The van der Waals surface area contributed by atoms with Crippen LogP contribution in [0.4, 0.5) is 4.79 Å². The third-order valence-electron chi connectivity index (χ3n) is 4.57. The highest BCUT2D eigenvalue weighted by molar-refractivity contribution is 5.87. The highest BCUT2D eigenvalue weighted by Gasteiger charge is 2.48. The Morgan fingerprint density at radius 3 is 2.47 bits per heavy atom. The summed E-state index contributed by atoms with van der Waals surface area (Å²) in [5, 5.41) is 12.4. The lowest BCUT2D eigenvalue weighted by Crippen LogP contribution is -2.57. The first-order chi connectivity index (χ1) is 8.89. The van der Waals surface area contributed by atoms with Crippen LogP contribution < -0.4 is 5.32 Å². The zero-order valence-corrected chi connectivity index (χ0v) is 12.4. The van der Waals surface area contributed by atoms with Crippen LogP contribution in [0.1, 0.15) is 53.4 Å². The highest BCUT2D eigenvalue weighted by atomic mass is 16.4. The van der Waals surface area contributed by atoms with Gasteiger partial charge >= 0.3 is 12.0 Å². The zero-order valence-electron chi connectivity index (χ0n) is 12.4. The van der Waals surface area contributed by atoms with Gasteiger partial charge in [-0.2, -0.15) is 0 Å². The number of rotatable bonds is 5. The molecule has 0 aromatic carbocycles. The summed E-state index contributed by atoms with van der Waals surface area (Å²) in [5.41, 5.74) is -1.01. The number of aliphatic carboxylic acids is 1. The maximum atomic E-state index is 12.3. The molecule has 5 nitrogen and oxygen atoms in total. The molecule has 1 fully saturated rings. The number of nitrogens with one attached hydrogen (secondary N) is 1. The topological polar surface area (TPSA) is 69.6 Å². The summed E-state index contributed by atoms with van der Waals surface area (Å²) >= 11 is 0. The molecule has 110 valence electrons. The van der Waals surface area contributed by atoms with Crippen LogP contribution >= 0.6 is 0 Å². The fourth-order valence-electron chi connectivity index (χ4n) is 2.68. The number of carbonyl (C=O) groups is 2. The number of likely N-dealkylation sites (tertiary alicyclic amines) is 1. The van der Waals surface area contributed by atoms with E-state index in [4.69, 9.17) is 0 Å². The van der Waals surface area contributed by atoms with Gasteiger partial charge in [0, 0.05) is 12.6 Å². The predicted molar refractivity (Wildman–Crippen MR) is 74.0 cm³/mol. The predicted octanol–water partition coefficient (Wildman–Crippen LogP) is 2.46. The number of hydrogen-bond acceptors (Lipinski definition) is 2. The molecule has 3 atom stereocenters. The van der Waals surface area contributed by atoms with E-state index in [1.807, 2.05) is 13.8 Å². The quantitative estimate of drug-likeness (QED) is 0.806. The Morgan fingerprint density at radius 1 is 1.37 bits per heavy atom. The molecule has 0 bridgehead atoms. The fraction of sp³-hybridized carbons (Fsp3) is 0.857. The van der Waals surface area contributed by atoms with Gasteiger partial charge in [-0.25, -0.2) is 9.59 Å². The van der Waals surface area contributed by atoms with Crippen molar-refractivity contribution in [1.82, 2.24) is 10.2 Å². The largest absolute Gasteiger partial charge is 0.479 e. The van der Waals surface area contributed by atoms with Crippen molar-refractivity contribution in [1.29, 1.82) is 0 Å². The molecule has 19 heavy (non-hydrogen) atoms. The number of urea groups is 1. The summed E-state index contributed by atoms with van der Waals surface area (Å²) in [6, 6.07) is -0.184. The second kappa shape index (κ2) is 6.26. The average Bonchev–Trinajstić information content (AvgIpc) is 2.82. The first-order valence-corrected chi connectivity index (χ1v) is 7.20. The number of carboxylic acid groups (broad SMARTS) is 1. The minimum Gasteiger partial charge on any atom is -0.479 e. The summed E-state index contributed by atoms with van der Waals surface area (Å²) in [6.07, 6.45) is 2.74. The molecule has 1 aliphatic rings. The van der Waals surface area contributed by atoms with Crippen LogP contribution in [0.25, 0.3) is 0 Å². The van der Waals surface area contributed by atoms with E-state index in [2.05, 4.69) is 19.2 Å². The average molecular weight is 270 g/mol. The van der Waals surface area contributed by atoms with Gasteiger partial charge in [-0.15, -0.1) is 0 Å². The molecule has 0 spiro atoms. The molecule has 5 heteroatoms. The Labute approximate surface area is 115 Å². The lowest BCUT2D eigenvalue weighted by molar-refractivity contribution is -0.148. The number of nitrogens with zero attached hydrogens (tertiary/aromatic N) is 1. The monoisotopic (exact) mass is 270 g/mol. The number of carboxylic acids is 1. The van der Waals surface area contributed by atoms with E-state index >= 15 is 0 Å².